The summed E-state index contributed by atoms with van der Waals surface area (Å²) in [5, 5.41) is 12.6. The monoisotopic (exact) mass is 389 g/mol. The van der Waals surface area contributed by atoms with Gasteiger partial charge >= 0.3 is 6.09 Å². The van der Waals surface area contributed by atoms with Gasteiger partial charge in [0.15, 0.2) is 0 Å². The van der Waals surface area contributed by atoms with Crippen LogP contribution in [0, 0.1) is 13.8 Å². The van der Waals surface area contributed by atoms with E-state index in [0.717, 1.165) is 33.3 Å². The molecule has 0 saturated heterocycles. The number of rotatable bonds is 4. The van der Waals surface area contributed by atoms with Crippen LogP contribution >= 0.6 is 0 Å². The molecule has 0 saturated carbocycles. The summed E-state index contributed by atoms with van der Waals surface area (Å²) < 4.78 is 8.78. The number of aryl methyl sites for hydroxylation is 4. The predicted molar refractivity (Wildman–Crippen MR) is 113 cm³/mol. The van der Waals surface area contributed by atoms with Crippen molar-refractivity contribution in [2.75, 3.05) is 5.32 Å². The van der Waals surface area contributed by atoms with Gasteiger partial charge in [-0.25, -0.2) is 4.79 Å². The van der Waals surface area contributed by atoms with Gasteiger partial charge in [0, 0.05) is 37.3 Å². The van der Waals surface area contributed by atoms with Crippen molar-refractivity contribution in [3.05, 3.63) is 65.4 Å². The Hall–Kier alpha value is -3.61. The number of fused-ring (bicyclic) bond motifs is 1. The molecule has 0 aliphatic heterocycles. The summed E-state index contributed by atoms with van der Waals surface area (Å²) in [7, 11) is 3.67. The number of nitrogens with one attached hydrogen (secondary N) is 1. The topological polar surface area (TPSA) is 74.0 Å². The highest BCUT2D eigenvalue weighted by Gasteiger charge is 2.13. The van der Waals surface area contributed by atoms with Gasteiger partial charge < -0.3 is 4.74 Å². The molecule has 7 nitrogen and oxygen atoms in total. The van der Waals surface area contributed by atoms with Crippen molar-refractivity contribution < 1.29 is 9.53 Å². The van der Waals surface area contributed by atoms with Gasteiger partial charge in [-0.2, -0.15) is 10.2 Å². The van der Waals surface area contributed by atoms with E-state index < -0.39 is 6.09 Å². The van der Waals surface area contributed by atoms with Gasteiger partial charge in [-0.15, -0.1) is 0 Å². The van der Waals surface area contributed by atoms with Crippen LogP contribution in [0.25, 0.3) is 22.2 Å². The van der Waals surface area contributed by atoms with Gasteiger partial charge in [0.05, 0.1) is 11.2 Å². The lowest BCUT2D eigenvalue weighted by atomic mass is 10.0. The Kier molecular flexibility index (Phi) is 4.80. The van der Waals surface area contributed by atoms with E-state index in [2.05, 4.69) is 41.5 Å². The summed E-state index contributed by atoms with van der Waals surface area (Å²) >= 11 is 0. The first-order chi connectivity index (χ1) is 13.9. The van der Waals surface area contributed by atoms with Crippen molar-refractivity contribution in [1.82, 2.24) is 19.6 Å². The van der Waals surface area contributed by atoms with E-state index in [9.17, 15) is 4.79 Å². The van der Waals surface area contributed by atoms with E-state index in [1.54, 1.807) is 16.4 Å². The molecule has 2 aromatic heterocycles. The van der Waals surface area contributed by atoms with Crippen molar-refractivity contribution in [3.8, 4) is 11.3 Å². The molecule has 0 unspecified atom stereocenters. The number of nitrogens with zero attached hydrogens (tertiary/aromatic N) is 4. The number of ether oxygens (including phenoxy) is 1. The number of benzene rings is 2. The summed E-state index contributed by atoms with van der Waals surface area (Å²) in [5.41, 5.74) is 6.01. The number of carbonyl (C=O) groups excluding carboxylic acids is 1. The maximum absolute atomic E-state index is 12.3. The third-order valence-electron chi connectivity index (χ3n) is 4.82. The first-order valence-corrected chi connectivity index (χ1v) is 9.37. The van der Waals surface area contributed by atoms with Crippen LogP contribution in [-0.2, 0) is 25.4 Å². The zero-order valence-electron chi connectivity index (χ0n) is 16.9. The van der Waals surface area contributed by atoms with Crippen LogP contribution < -0.4 is 5.32 Å². The van der Waals surface area contributed by atoms with Crippen molar-refractivity contribution in [2.24, 2.45) is 14.1 Å². The fourth-order valence-electron chi connectivity index (χ4n) is 3.39. The number of anilines is 1. The van der Waals surface area contributed by atoms with Gasteiger partial charge in [0.1, 0.15) is 12.4 Å². The van der Waals surface area contributed by atoms with Crippen LogP contribution in [0.1, 0.15) is 16.7 Å². The third kappa shape index (κ3) is 3.99. The lowest BCUT2D eigenvalue weighted by Crippen LogP contribution is -2.15. The Morgan fingerprint density at radius 2 is 1.90 bits per heavy atom. The van der Waals surface area contributed by atoms with Gasteiger partial charge in [-0.1, -0.05) is 29.8 Å². The number of aromatic nitrogens is 4. The molecule has 0 spiro atoms. The molecule has 0 radical (unpaired) electrons. The molecule has 0 aliphatic carbocycles. The summed E-state index contributed by atoms with van der Waals surface area (Å²) in [6, 6.07) is 13.9. The Balaban J connectivity index is 1.43. The average Bonchev–Trinajstić information content (AvgIpc) is 3.21. The Labute approximate surface area is 168 Å². The van der Waals surface area contributed by atoms with Crippen LogP contribution in [0.3, 0.4) is 0 Å². The maximum Gasteiger partial charge on any atom is 0.413 e. The highest BCUT2D eigenvalue weighted by molar-refractivity contribution is 5.85. The van der Waals surface area contributed by atoms with Crippen molar-refractivity contribution >= 4 is 22.8 Å². The molecule has 1 N–H and O–H groups in total. The molecule has 2 heterocycles. The highest BCUT2D eigenvalue weighted by atomic mass is 16.5. The molecule has 148 valence electrons. The summed E-state index contributed by atoms with van der Waals surface area (Å²) in [6.07, 6.45) is 1.41. The van der Waals surface area contributed by atoms with Crippen molar-refractivity contribution in [2.45, 2.75) is 20.5 Å². The Morgan fingerprint density at radius 1 is 1.07 bits per heavy atom. The molecule has 4 aromatic rings. The average molecular weight is 389 g/mol. The minimum absolute atomic E-state index is 0.179. The van der Waals surface area contributed by atoms with E-state index >= 15 is 0 Å². The van der Waals surface area contributed by atoms with Gasteiger partial charge in [0.2, 0.25) is 0 Å². The highest BCUT2D eigenvalue weighted by Crippen LogP contribution is 2.25. The van der Waals surface area contributed by atoms with E-state index in [1.807, 2.05) is 43.6 Å². The molecular formula is C22H23N5O2. The molecule has 1 amide bonds. The SMILES string of the molecule is Cc1ccc(-c2cc(NC(=O)OCc3ccc4nn(C)cc4c3)n(C)n2)c(C)c1. The Bertz CT molecular complexity index is 1210. The largest absolute Gasteiger partial charge is 0.444 e. The van der Waals surface area contributed by atoms with Crippen molar-refractivity contribution in [1.29, 1.82) is 0 Å². The minimum atomic E-state index is -0.522. The first-order valence-electron chi connectivity index (χ1n) is 9.37. The molecule has 0 bridgehead atoms. The molecule has 2 aromatic carbocycles. The van der Waals surface area contributed by atoms with Gasteiger partial charge in [-0.3, -0.25) is 14.7 Å². The quantitative estimate of drug-likeness (QED) is 0.563. The molecule has 0 fully saturated rings. The van der Waals surface area contributed by atoms with Crippen LogP contribution in [0.2, 0.25) is 0 Å². The lowest BCUT2D eigenvalue weighted by molar-refractivity contribution is 0.155. The van der Waals surface area contributed by atoms with Crippen LogP contribution in [0.4, 0.5) is 10.6 Å². The van der Waals surface area contributed by atoms with E-state index in [1.165, 1.54) is 5.56 Å². The molecular weight excluding hydrogens is 366 g/mol. The zero-order chi connectivity index (χ0) is 20.5. The van der Waals surface area contributed by atoms with E-state index in [-0.39, 0.29) is 6.61 Å². The zero-order valence-corrected chi connectivity index (χ0v) is 16.9. The normalized spacial score (nSPS) is 11.0. The van der Waals surface area contributed by atoms with Crippen LogP contribution in [0.15, 0.2) is 48.7 Å². The summed E-state index contributed by atoms with van der Waals surface area (Å²) in [4.78, 5) is 12.3. The number of amides is 1. The van der Waals surface area contributed by atoms with Gasteiger partial charge in [-0.05, 0) is 37.1 Å². The number of carbonyl (C=O) groups is 1. The molecule has 7 heteroatoms. The standard InChI is InChI=1S/C22H23N5O2/c1-14-5-7-18(15(2)9-14)20-11-21(27(4)25-20)23-22(28)29-13-16-6-8-19-17(10-16)12-26(3)24-19/h5-12H,13H2,1-4H3,(H,23,28). The fourth-order valence-corrected chi connectivity index (χ4v) is 3.39. The van der Waals surface area contributed by atoms with Crippen molar-refractivity contribution in [3.63, 3.8) is 0 Å². The smallest absolute Gasteiger partial charge is 0.413 e. The van der Waals surface area contributed by atoms with E-state index in [0.29, 0.717) is 5.82 Å². The van der Waals surface area contributed by atoms with E-state index in [4.69, 9.17) is 4.74 Å². The second-order valence-corrected chi connectivity index (χ2v) is 7.25. The minimum Gasteiger partial charge on any atom is -0.444 e. The first kappa shape index (κ1) is 18.7. The molecule has 0 aliphatic rings. The number of hydrogen-bond donors (Lipinski definition) is 1. The second-order valence-electron chi connectivity index (χ2n) is 7.25. The third-order valence-corrected chi connectivity index (χ3v) is 4.82. The van der Waals surface area contributed by atoms with Crippen LogP contribution in [-0.4, -0.2) is 25.7 Å². The fraction of sp³-hybridized carbons (Fsp3) is 0.227. The lowest BCUT2D eigenvalue weighted by Gasteiger charge is -2.07. The predicted octanol–water partition coefficient (Wildman–Crippen LogP) is 4.34. The molecule has 29 heavy (non-hydrogen) atoms. The Morgan fingerprint density at radius 3 is 2.69 bits per heavy atom. The maximum atomic E-state index is 12.3. The number of hydrogen-bond acceptors (Lipinski definition) is 4. The summed E-state index contributed by atoms with van der Waals surface area (Å²) in [5.74, 6) is 0.577. The molecule has 4 rings (SSSR count). The van der Waals surface area contributed by atoms with Crippen LogP contribution in [0.5, 0.6) is 0 Å². The summed E-state index contributed by atoms with van der Waals surface area (Å²) in [6.45, 7) is 4.29. The second kappa shape index (κ2) is 7.43. The molecule has 0 atom stereocenters. The van der Waals surface area contributed by atoms with Gasteiger partial charge in [0.25, 0.3) is 0 Å².